The van der Waals surface area contributed by atoms with Gasteiger partial charge in [-0.25, -0.2) is 4.39 Å². The van der Waals surface area contributed by atoms with E-state index in [-0.39, 0.29) is 5.82 Å². The summed E-state index contributed by atoms with van der Waals surface area (Å²) < 4.78 is 18.9. The van der Waals surface area contributed by atoms with Gasteiger partial charge in [-0.1, -0.05) is 13.0 Å². The first kappa shape index (κ1) is 10.6. The Labute approximate surface area is 89.2 Å². The molecule has 0 saturated heterocycles. The molecule has 2 rings (SSSR count). The molecule has 0 bridgehead atoms. The van der Waals surface area contributed by atoms with Crippen molar-refractivity contribution >= 4 is 12.6 Å². The maximum Gasteiger partial charge on any atom is 0.492 e. The summed E-state index contributed by atoms with van der Waals surface area (Å²) in [5.41, 5.74) is 1.52. The van der Waals surface area contributed by atoms with Gasteiger partial charge in [0.25, 0.3) is 0 Å². The number of rotatable bonds is 1. The van der Waals surface area contributed by atoms with Crippen LogP contribution in [0.25, 0.3) is 0 Å². The molecule has 15 heavy (non-hydrogen) atoms. The SMILES string of the molecule is CCc1c(F)ccc2c1B(O)OC2(C)C. The lowest BCUT2D eigenvalue weighted by atomic mass is 9.74. The van der Waals surface area contributed by atoms with Gasteiger partial charge >= 0.3 is 7.12 Å². The second-order valence-electron chi connectivity index (χ2n) is 4.32. The lowest BCUT2D eigenvalue weighted by molar-refractivity contribution is 0.101. The van der Waals surface area contributed by atoms with E-state index in [9.17, 15) is 9.41 Å². The van der Waals surface area contributed by atoms with Gasteiger partial charge in [-0.3, -0.25) is 0 Å². The molecular formula is C11H14BFO2. The van der Waals surface area contributed by atoms with Gasteiger partial charge in [0.1, 0.15) is 5.82 Å². The van der Waals surface area contributed by atoms with E-state index >= 15 is 0 Å². The fourth-order valence-electron chi connectivity index (χ4n) is 2.21. The van der Waals surface area contributed by atoms with E-state index in [4.69, 9.17) is 4.65 Å². The van der Waals surface area contributed by atoms with Crippen LogP contribution in [0.2, 0.25) is 0 Å². The molecule has 1 N–H and O–H groups in total. The van der Waals surface area contributed by atoms with E-state index in [1.807, 2.05) is 20.8 Å². The minimum atomic E-state index is -0.999. The molecule has 80 valence electrons. The minimum Gasteiger partial charge on any atom is -0.423 e. The number of benzene rings is 1. The summed E-state index contributed by atoms with van der Waals surface area (Å²) in [5, 5.41) is 9.76. The molecule has 1 heterocycles. The zero-order valence-electron chi connectivity index (χ0n) is 9.17. The molecule has 0 fully saturated rings. The van der Waals surface area contributed by atoms with Crippen LogP contribution in [-0.2, 0) is 16.7 Å². The van der Waals surface area contributed by atoms with Crippen molar-refractivity contribution in [3.05, 3.63) is 29.1 Å². The molecule has 1 aliphatic heterocycles. The fourth-order valence-corrected chi connectivity index (χ4v) is 2.21. The number of hydrogen-bond donors (Lipinski definition) is 1. The summed E-state index contributed by atoms with van der Waals surface area (Å²) in [5.74, 6) is -0.267. The Morgan fingerprint density at radius 1 is 1.47 bits per heavy atom. The molecule has 0 unspecified atom stereocenters. The molecule has 0 saturated carbocycles. The van der Waals surface area contributed by atoms with Gasteiger partial charge in [0.2, 0.25) is 0 Å². The second kappa shape index (κ2) is 3.32. The van der Waals surface area contributed by atoms with Crippen molar-refractivity contribution < 1.29 is 14.1 Å². The largest absolute Gasteiger partial charge is 0.492 e. The Balaban J connectivity index is 2.68. The van der Waals surface area contributed by atoms with Crippen molar-refractivity contribution in [3.63, 3.8) is 0 Å². The Morgan fingerprint density at radius 3 is 2.73 bits per heavy atom. The average Bonchev–Trinajstić information content (AvgIpc) is 2.37. The molecule has 1 aliphatic rings. The number of fused-ring (bicyclic) bond motifs is 1. The van der Waals surface area contributed by atoms with E-state index in [0.717, 1.165) is 5.56 Å². The van der Waals surface area contributed by atoms with Gasteiger partial charge in [-0.2, -0.15) is 0 Å². The molecule has 0 spiro atoms. The highest BCUT2D eigenvalue weighted by molar-refractivity contribution is 6.62. The predicted molar refractivity (Wildman–Crippen MR) is 57.5 cm³/mol. The van der Waals surface area contributed by atoms with Crippen LogP contribution in [-0.4, -0.2) is 12.1 Å². The summed E-state index contributed by atoms with van der Waals surface area (Å²) in [6.07, 6.45) is 0.561. The maximum atomic E-state index is 13.5. The monoisotopic (exact) mass is 208 g/mol. The van der Waals surface area contributed by atoms with Gasteiger partial charge < -0.3 is 9.68 Å². The van der Waals surface area contributed by atoms with Crippen LogP contribution in [0.5, 0.6) is 0 Å². The summed E-state index contributed by atoms with van der Waals surface area (Å²) in [7, 11) is -0.999. The maximum absolute atomic E-state index is 13.5. The van der Waals surface area contributed by atoms with E-state index in [2.05, 4.69) is 0 Å². The van der Waals surface area contributed by atoms with Crippen molar-refractivity contribution in [3.8, 4) is 0 Å². The Bertz CT molecular complexity index is 404. The van der Waals surface area contributed by atoms with E-state index < -0.39 is 12.7 Å². The smallest absolute Gasteiger partial charge is 0.423 e. The second-order valence-corrected chi connectivity index (χ2v) is 4.32. The highest BCUT2D eigenvalue weighted by Crippen LogP contribution is 2.31. The summed E-state index contributed by atoms with van der Waals surface area (Å²) >= 11 is 0. The topological polar surface area (TPSA) is 29.5 Å². The summed E-state index contributed by atoms with van der Waals surface area (Å²) in [6, 6.07) is 3.14. The third-order valence-corrected chi connectivity index (χ3v) is 2.96. The van der Waals surface area contributed by atoms with Gasteiger partial charge in [0, 0.05) is 0 Å². The van der Waals surface area contributed by atoms with Crippen LogP contribution in [0.4, 0.5) is 4.39 Å². The standard InChI is InChI=1S/C11H14BFO2/c1-4-7-9(13)6-5-8-10(7)12(14)15-11(8,2)3/h5-6,14H,4H2,1-3H3. The molecule has 0 aliphatic carbocycles. The van der Waals surface area contributed by atoms with E-state index in [1.165, 1.54) is 6.07 Å². The molecular weight excluding hydrogens is 194 g/mol. The molecule has 0 radical (unpaired) electrons. The normalized spacial score (nSPS) is 18.1. The minimum absolute atomic E-state index is 0.267. The average molecular weight is 208 g/mol. The quantitative estimate of drug-likeness (QED) is 0.705. The Kier molecular flexibility index (Phi) is 2.36. The van der Waals surface area contributed by atoms with E-state index in [1.54, 1.807) is 6.07 Å². The van der Waals surface area contributed by atoms with Crippen molar-refractivity contribution in [2.24, 2.45) is 0 Å². The Morgan fingerprint density at radius 2 is 2.13 bits per heavy atom. The van der Waals surface area contributed by atoms with Crippen molar-refractivity contribution in [1.82, 2.24) is 0 Å². The third-order valence-electron chi connectivity index (χ3n) is 2.96. The van der Waals surface area contributed by atoms with Gasteiger partial charge in [-0.05, 0) is 42.9 Å². The van der Waals surface area contributed by atoms with Gasteiger partial charge in [0.15, 0.2) is 0 Å². The molecule has 0 aromatic heterocycles. The van der Waals surface area contributed by atoms with E-state index in [0.29, 0.717) is 17.4 Å². The Hall–Kier alpha value is -0.865. The van der Waals surface area contributed by atoms with Gasteiger partial charge in [-0.15, -0.1) is 0 Å². The van der Waals surface area contributed by atoms with Crippen molar-refractivity contribution in [2.75, 3.05) is 0 Å². The van der Waals surface area contributed by atoms with Crippen molar-refractivity contribution in [2.45, 2.75) is 32.8 Å². The van der Waals surface area contributed by atoms with Crippen LogP contribution in [0.15, 0.2) is 12.1 Å². The van der Waals surface area contributed by atoms with Crippen LogP contribution >= 0.6 is 0 Å². The lowest BCUT2D eigenvalue weighted by Gasteiger charge is -2.19. The summed E-state index contributed by atoms with van der Waals surface area (Å²) in [6.45, 7) is 5.62. The molecule has 4 heteroatoms. The molecule has 2 nitrogen and oxygen atoms in total. The lowest BCUT2D eigenvalue weighted by Crippen LogP contribution is -2.32. The third kappa shape index (κ3) is 1.48. The molecule has 0 amide bonds. The highest BCUT2D eigenvalue weighted by atomic mass is 19.1. The fraction of sp³-hybridized carbons (Fsp3) is 0.455. The number of hydrogen-bond acceptors (Lipinski definition) is 2. The van der Waals surface area contributed by atoms with Crippen LogP contribution in [0.3, 0.4) is 0 Å². The van der Waals surface area contributed by atoms with Crippen molar-refractivity contribution in [1.29, 1.82) is 0 Å². The molecule has 1 aromatic carbocycles. The first-order valence-electron chi connectivity index (χ1n) is 5.15. The first-order valence-corrected chi connectivity index (χ1v) is 5.15. The number of halogens is 1. The molecule has 1 aromatic rings. The zero-order chi connectivity index (χ0) is 11.2. The predicted octanol–water partition coefficient (Wildman–Crippen LogP) is 1.34. The summed E-state index contributed by atoms with van der Waals surface area (Å²) in [4.78, 5) is 0. The first-order chi connectivity index (χ1) is 6.97. The molecule has 0 atom stereocenters. The van der Waals surface area contributed by atoms with Gasteiger partial charge in [0.05, 0.1) is 5.60 Å². The van der Waals surface area contributed by atoms with Crippen LogP contribution < -0.4 is 5.46 Å². The van der Waals surface area contributed by atoms with Crippen LogP contribution in [0.1, 0.15) is 31.9 Å². The van der Waals surface area contributed by atoms with Crippen LogP contribution in [0, 0.1) is 5.82 Å². The highest BCUT2D eigenvalue weighted by Gasteiger charge is 2.42. The zero-order valence-corrected chi connectivity index (χ0v) is 9.17.